The molecule has 1 aliphatic carbocycles. The number of aliphatic hydroxyl groups is 1. The van der Waals surface area contributed by atoms with Crippen LogP contribution in [0.15, 0.2) is 0 Å². The molecular formula is C14H21N3O4. The largest absolute Gasteiger partial charge is 0.444 e. The number of carbonyl (C=O) groups is 2. The highest BCUT2D eigenvalue weighted by atomic mass is 16.6. The van der Waals surface area contributed by atoms with E-state index < -0.39 is 35.3 Å². The first kappa shape index (κ1) is 15.6. The summed E-state index contributed by atoms with van der Waals surface area (Å²) >= 11 is 0. The monoisotopic (exact) mass is 295 g/mol. The van der Waals surface area contributed by atoms with E-state index in [0.717, 1.165) is 0 Å². The van der Waals surface area contributed by atoms with Gasteiger partial charge in [-0.25, -0.2) is 4.79 Å². The Kier molecular flexibility index (Phi) is 3.85. The van der Waals surface area contributed by atoms with Crippen molar-refractivity contribution in [3.63, 3.8) is 0 Å². The predicted molar refractivity (Wildman–Crippen MR) is 73.1 cm³/mol. The van der Waals surface area contributed by atoms with Crippen LogP contribution in [0.25, 0.3) is 0 Å². The Morgan fingerprint density at radius 1 is 1.43 bits per heavy atom. The van der Waals surface area contributed by atoms with Gasteiger partial charge in [0, 0.05) is 6.42 Å². The Hall–Kier alpha value is -1.81. The fraction of sp³-hybridized carbons (Fsp3) is 0.786. The number of amides is 2. The number of rotatable bonds is 2. The zero-order chi connectivity index (χ0) is 15.8. The van der Waals surface area contributed by atoms with E-state index in [9.17, 15) is 14.7 Å². The third kappa shape index (κ3) is 3.64. The van der Waals surface area contributed by atoms with Gasteiger partial charge in [0.25, 0.3) is 0 Å². The van der Waals surface area contributed by atoms with E-state index in [-0.39, 0.29) is 13.0 Å². The molecule has 0 aromatic carbocycles. The number of nitrogens with one attached hydrogen (secondary N) is 1. The van der Waals surface area contributed by atoms with Crippen molar-refractivity contribution >= 4 is 12.0 Å². The van der Waals surface area contributed by atoms with Gasteiger partial charge in [0.2, 0.25) is 5.91 Å². The molecule has 2 N–H and O–H groups in total. The van der Waals surface area contributed by atoms with Crippen molar-refractivity contribution < 1.29 is 19.4 Å². The van der Waals surface area contributed by atoms with E-state index in [2.05, 4.69) is 11.4 Å². The van der Waals surface area contributed by atoms with Crippen molar-refractivity contribution in [1.82, 2.24) is 10.2 Å². The minimum absolute atomic E-state index is 0.0621. The SMILES string of the molecule is CC(C)(C)OC(=O)N1C[C@H](O)C[C@H]1C(=O)NC1(C#N)CC1. The second-order valence-corrected chi connectivity index (χ2v) is 6.72. The van der Waals surface area contributed by atoms with Crippen LogP contribution in [0.5, 0.6) is 0 Å². The van der Waals surface area contributed by atoms with Gasteiger partial charge in [-0.05, 0) is 33.6 Å². The van der Waals surface area contributed by atoms with Gasteiger partial charge in [0.05, 0.1) is 18.7 Å². The molecule has 0 radical (unpaired) electrons. The quantitative estimate of drug-likeness (QED) is 0.773. The molecule has 1 aliphatic heterocycles. The van der Waals surface area contributed by atoms with Crippen LogP contribution in [-0.2, 0) is 9.53 Å². The van der Waals surface area contributed by atoms with E-state index in [1.165, 1.54) is 4.90 Å². The number of likely N-dealkylation sites (tertiary alicyclic amines) is 1. The first-order valence-electron chi connectivity index (χ1n) is 7.07. The lowest BCUT2D eigenvalue weighted by molar-refractivity contribution is -0.126. The van der Waals surface area contributed by atoms with E-state index in [1.807, 2.05) is 0 Å². The van der Waals surface area contributed by atoms with Crippen LogP contribution in [-0.4, -0.2) is 51.8 Å². The number of hydrogen-bond acceptors (Lipinski definition) is 5. The Morgan fingerprint density at radius 2 is 2.05 bits per heavy atom. The first-order valence-corrected chi connectivity index (χ1v) is 7.07. The van der Waals surface area contributed by atoms with E-state index in [4.69, 9.17) is 10.00 Å². The van der Waals surface area contributed by atoms with Gasteiger partial charge in [-0.2, -0.15) is 5.26 Å². The standard InChI is InChI=1S/C14H21N3O4/c1-13(2,3)21-12(20)17-7-9(18)6-10(17)11(19)16-14(8-15)4-5-14/h9-10,18H,4-7H2,1-3H3,(H,16,19)/t9-,10+/m1/s1. The smallest absolute Gasteiger partial charge is 0.411 e. The zero-order valence-electron chi connectivity index (χ0n) is 12.5. The number of ether oxygens (including phenoxy) is 1. The van der Waals surface area contributed by atoms with Gasteiger partial charge in [-0.3, -0.25) is 9.69 Å². The molecule has 0 aromatic rings. The molecule has 0 bridgehead atoms. The molecule has 2 fully saturated rings. The topological polar surface area (TPSA) is 103 Å². The lowest BCUT2D eigenvalue weighted by atomic mass is 10.1. The van der Waals surface area contributed by atoms with Crippen molar-refractivity contribution in [2.24, 2.45) is 0 Å². The van der Waals surface area contributed by atoms with Crippen LogP contribution in [0.3, 0.4) is 0 Å². The van der Waals surface area contributed by atoms with Gasteiger partial charge in [-0.1, -0.05) is 0 Å². The number of carbonyl (C=O) groups excluding carboxylic acids is 2. The first-order chi connectivity index (χ1) is 9.66. The van der Waals surface area contributed by atoms with E-state index in [1.54, 1.807) is 20.8 Å². The number of nitrogens with zero attached hydrogens (tertiary/aromatic N) is 2. The minimum atomic E-state index is -0.791. The van der Waals surface area contributed by atoms with Crippen LogP contribution in [0.1, 0.15) is 40.0 Å². The van der Waals surface area contributed by atoms with Crippen molar-refractivity contribution in [2.75, 3.05) is 6.54 Å². The molecule has 2 aliphatic rings. The summed E-state index contributed by atoms with van der Waals surface area (Å²) in [6, 6.07) is 1.28. The summed E-state index contributed by atoms with van der Waals surface area (Å²) in [5.74, 6) is -0.406. The maximum Gasteiger partial charge on any atom is 0.411 e. The summed E-state index contributed by atoms with van der Waals surface area (Å²) in [7, 11) is 0. The second-order valence-electron chi connectivity index (χ2n) is 6.72. The highest BCUT2D eigenvalue weighted by Gasteiger charge is 2.48. The fourth-order valence-corrected chi connectivity index (χ4v) is 2.29. The number of nitriles is 1. The van der Waals surface area contributed by atoms with Gasteiger partial charge < -0.3 is 15.2 Å². The molecule has 0 spiro atoms. The van der Waals surface area contributed by atoms with E-state index >= 15 is 0 Å². The van der Waals surface area contributed by atoms with Gasteiger partial charge in [0.1, 0.15) is 17.2 Å². The maximum atomic E-state index is 12.3. The Bertz CT molecular complexity index is 487. The summed E-state index contributed by atoms with van der Waals surface area (Å²) < 4.78 is 5.25. The lowest BCUT2D eigenvalue weighted by Crippen LogP contribution is -2.50. The molecule has 7 nitrogen and oxygen atoms in total. The van der Waals surface area contributed by atoms with Gasteiger partial charge in [0.15, 0.2) is 0 Å². The Labute approximate surface area is 123 Å². The molecule has 0 aromatic heterocycles. The summed E-state index contributed by atoms with van der Waals surface area (Å²) in [6.45, 7) is 5.27. The highest BCUT2D eigenvalue weighted by molar-refractivity contribution is 5.87. The molecule has 21 heavy (non-hydrogen) atoms. The normalized spacial score (nSPS) is 26.9. The number of aliphatic hydroxyl groups excluding tert-OH is 1. The third-order valence-corrected chi connectivity index (χ3v) is 3.54. The molecule has 1 heterocycles. The minimum Gasteiger partial charge on any atom is -0.444 e. The summed E-state index contributed by atoms with van der Waals surface area (Å²) in [6.07, 6.45) is 0.0204. The lowest BCUT2D eigenvalue weighted by Gasteiger charge is -2.28. The van der Waals surface area contributed by atoms with Crippen LogP contribution >= 0.6 is 0 Å². The predicted octanol–water partition coefficient (Wildman–Crippen LogP) is 0.529. The molecule has 2 atom stereocenters. The van der Waals surface area contributed by atoms with Crippen molar-refractivity contribution in [2.45, 2.75) is 63.3 Å². The molecule has 2 amide bonds. The molecule has 2 rings (SSSR count). The summed E-state index contributed by atoms with van der Waals surface area (Å²) in [4.78, 5) is 25.6. The van der Waals surface area contributed by atoms with E-state index in [0.29, 0.717) is 12.8 Å². The molecule has 116 valence electrons. The van der Waals surface area contributed by atoms with Crippen molar-refractivity contribution in [3.8, 4) is 6.07 Å². The molecule has 0 unspecified atom stereocenters. The Morgan fingerprint density at radius 3 is 2.52 bits per heavy atom. The maximum absolute atomic E-state index is 12.3. The van der Waals surface area contributed by atoms with Crippen LogP contribution in [0.2, 0.25) is 0 Å². The number of β-amino-alcohol motifs (C(OH)–C–C–N with tert-alkyl or cyclic N) is 1. The average Bonchev–Trinajstić information content (AvgIpc) is 3.00. The molecular weight excluding hydrogens is 274 g/mol. The fourth-order valence-electron chi connectivity index (χ4n) is 2.29. The second kappa shape index (κ2) is 5.19. The molecule has 1 saturated carbocycles. The highest BCUT2D eigenvalue weighted by Crippen LogP contribution is 2.35. The number of hydrogen-bond donors (Lipinski definition) is 2. The van der Waals surface area contributed by atoms with Crippen molar-refractivity contribution in [3.05, 3.63) is 0 Å². The van der Waals surface area contributed by atoms with Gasteiger partial charge in [-0.15, -0.1) is 0 Å². The van der Waals surface area contributed by atoms with Crippen LogP contribution < -0.4 is 5.32 Å². The Balaban J connectivity index is 2.04. The van der Waals surface area contributed by atoms with Crippen LogP contribution in [0, 0.1) is 11.3 Å². The van der Waals surface area contributed by atoms with Gasteiger partial charge >= 0.3 is 6.09 Å². The van der Waals surface area contributed by atoms with Crippen molar-refractivity contribution in [1.29, 1.82) is 5.26 Å². The molecule has 7 heteroatoms. The van der Waals surface area contributed by atoms with Crippen LogP contribution in [0.4, 0.5) is 4.79 Å². The molecule has 1 saturated heterocycles. The average molecular weight is 295 g/mol. The zero-order valence-corrected chi connectivity index (χ0v) is 12.5. The summed E-state index contributed by atoms with van der Waals surface area (Å²) in [5.41, 5.74) is -1.46. The summed E-state index contributed by atoms with van der Waals surface area (Å²) in [5, 5.41) is 21.4. The third-order valence-electron chi connectivity index (χ3n) is 3.54.